The van der Waals surface area contributed by atoms with Gasteiger partial charge in [-0.1, -0.05) is 38.1 Å². The molecule has 0 aromatic heterocycles. The number of allylic oxidation sites excluding steroid dienone is 2. The van der Waals surface area contributed by atoms with Crippen LogP contribution in [0.4, 0.5) is 0 Å². The van der Waals surface area contributed by atoms with Crippen LogP contribution in [0.1, 0.15) is 51.7 Å². The lowest BCUT2D eigenvalue weighted by molar-refractivity contribution is -0.132. The van der Waals surface area contributed by atoms with Gasteiger partial charge >= 0.3 is 11.9 Å². The van der Waals surface area contributed by atoms with E-state index in [0.29, 0.717) is 11.5 Å². The van der Waals surface area contributed by atoms with Crippen molar-refractivity contribution in [3.8, 4) is 11.5 Å². The molecule has 0 aliphatic heterocycles. The molecule has 0 heterocycles. The van der Waals surface area contributed by atoms with Crippen molar-refractivity contribution in [2.75, 3.05) is 0 Å². The van der Waals surface area contributed by atoms with Crippen molar-refractivity contribution >= 4 is 23.1 Å². The van der Waals surface area contributed by atoms with Gasteiger partial charge in [0.2, 0.25) is 0 Å². The fourth-order valence-electron chi connectivity index (χ4n) is 2.99. The highest BCUT2D eigenvalue weighted by Gasteiger charge is 2.11. The smallest absolute Gasteiger partial charge is 0.308 e. The molecular formula is C22H24O4. The second-order valence-corrected chi connectivity index (χ2v) is 5.90. The van der Waals surface area contributed by atoms with Gasteiger partial charge in [0.15, 0.2) is 0 Å². The third-order valence-corrected chi connectivity index (χ3v) is 3.98. The van der Waals surface area contributed by atoms with E-state index in [9.17, 15) is 9.59 Å². The monoisotopic (exact) mass is 352 g/mol. The fraction of sp³-hybridized carbons (Fsp3) is 0.273. The zero-order chi connectivity index (χ0) is 19.1. The summed E-state index contributed by atoms with van der Waals surface area (Å²) in [5.41, 5.74) is 4.52. The van der Waals surface area contributed by atoms with Gasteiger partial charge in [0.1, 0.15) is 11.5 Å². The highest BCUT2D eigenvalue weighted by molar-refractivity contribution is 5.91. The average Bonchev–Trinajstić information content (AvgIpc) is 2.59. The van der Waals surface area contributed by atoms with Gasteiger partial charge in [-0.3, -0.25) is 9.59 Å². The van der Waals surface area contributed by atoms with Crippen LogP contribution in [0, 0.1) is 0 Å². The molecule has 0 atom stereocenters. The van der Waals surface area contributed by atoms with E-state index in [1.807, 2.05) is 30.3 Å². The summed E-state index contributed by atoms with van der Waals surface area (Å²) in [5, 5.41) is 0. The van der Waals surface area contributed by atoms with Gasteiger partial charge in [-0.25, -0.2) is 0 Å². The Morgan fingerprint density at radius 1 is 0.731 bits per heavy atom. The second-order valence-electron chi connectivity index (χ2n) is 5.90. The van der Waals surface area contributed by atoms with E-state index in [0.717, 1.165) is 24.0 Å². The van der Waals surface area contributed by atoms with Crippen LogP contribution in [-0.4, -0.2) is 11.9 Å². The van der Waals surface area contributed by atoms with E-state index in [1.165, 1.54) is 25.0 Å². The molecule has 136 valence electrons. The minimum Gasteiger partial charge on any atom is -0.427 e. The SMILES string of the molecule is CC/C(=C(/CC)c1cccc(OC(C)=O)c1)c1ccc(OC(C)=O)cc1. The summed E-state index contributed by atoms with van der Waals surface area (Å²) in [6.45, 7) is 7.00. The zero-order valence-electron chi connectivity index (χ0n) is 15.7. The highest BCUT2D eigenvalue weighted by Crippen LogP contribution is 2.33. The summed E-state index contributed by atoms with van der Waals surface area (Å²) in [5.74, 6) is 0.412. The number of carbonyl (C=O) groups is 2. The Morgan fingerprint density at radius 2 is 1.27 bits per heavy atom. The van der Waals surface area contributed by atoms with Crippen LogP contribution in [0.5, 0.6) is 11.5 Å². The zero-order valence-corrected chi connectivity index (χ0v) is 15.7. The normalized spacial score (nSPS) is 11.5. The summed E-state index contributed by atoms with van der Waals surface area (Å²) in [6.07, 6.45) is 1.70. The van der Waals surface area contributed by atoms with Crippen molar-refractivity contribution in [2.24, 2.45) is 0 Å². The molecule has 0 fully saturated rings. The summed E-state index contributed by atoms with van der Waals surface area (Å²) in [4.78, 5) is 22.3. The first kappa shape index (κ1) is 19.4. The van der Waals surface area contributed by atoms with Crippen molar-refractivity contribution in [1.82, 2.24) is 0 Å². The molecule has 0 radical (unpaired) electrons. The number of rotatable bonds is 6. The van der Waals surface area contributed by atoms with Crippen LogP contribution < -0.4 is 9.47 Å². The Morgan fingerprint density at radius 3 is 1.81 bits per heavy atom. The lowest BCUT2D eigenvalue weighted by atomic mass is 9.91. The Kier molecular flexibility index (Phi) is 6.73. The maximum absolute atomic E-state index is 11.2. The minimum atomic E-state index is -0.333. The van der Waals surface area contributed by atoms with Crippen molar-refractivity contribution in [1.29, 1.82) is 0 Å². The van der Waals surface area contributed by atoms with Crippen molar-refractivity contribution in [3.63, 3.8) is 0 Å². The summed E-state index contributed by atoms with van der Waals surface area (Å²) in [6, 6.07) is 15.1. The Hall–Kier alpha value is -2.88. The lowest BCUT2D eigenvalue weighted by Gasteiger charge is -2.15. The summed E-state index contributed by atoms with van der Waals surface area (Å²) < 4.78 is 10.3. The molecule has 0 aliphatic rings. The van der Waals surface area contributed by atoms with Crippen LogP contribution in [0.2, 0.25) is 0 Å². The third-order valence-electron chi connectivity index (χ3n) is 3.98. The van der Waals surface area contributed by atoms with Crippen molar-refractivity contribution in [2.45, 2.75) is 40.5 Å². The molecule has 0 amide bonds. The van der Waals surface area contributed by atoms with Gasteiger partial charge in [0.25, 0.3) is 0 Å². The maximum Gasteiger partial charge on any atom is 0.308 e. The van der Waals surface area contributed by atoms with Crippen LogP contribution >= 0.6 is 0 Å². The van der Waals surface area contributed by atoms with Gasteiger partial charge in [-0.05, 0) is 59.4 Å². The molecule has 2 aromatic carbocycles. The third kappa shape index (κ3) is 5.06. The summed E-state index contributed by atoms with van der Waals surface area (Å²) in [7, 11) is 0. The van der Waals surface area contributed by atoms with E-state index in [1.54, 1.807) is 18.2 Å². The van der Waals surface area contributed by atoms with E-state index in [-0.39, 0.29) is 11.9 Å². The molecule has 0 unspecified atom stereocenters. The van der Waals surface area contributed by atoms with Gasteiger partial charge in [-0.15, -0.1) is 0 Å². The van der Waals surface area contributed by atoms with E-state index in [2.05, 4.69) is 13.8 Å². The standard InChI is InChI=1S/C22H24O4/c1-5-21(17-10-12-19(13-11-17)25-15(3)23)22(6-2)18-8-7-9-20(14-18)26-16(4)24/h7-14H,5-6H2,1-4H3/b22-21+. The van der Waals surface area contributed by atoms with Crippen molar-refractivity contribution < 1.29 is 19.1 Å². The van der Waals surface area contributed by atoms with E-state index >= 15 is 0 Å². The van der Waals surface area contributed by atoms with Gasteiger partial charge in [0, 0.05) is 13.8 Å². The Bertz CT molecular complexity index is 816. The number of ether oxygens (including phenoxy) is 2. The van der Waals surface area contributed by atoms with Crippen LogP contribution in [-0.2, 0) is 9.59 Å². The molecule has 0 aliphatic carbocycles. The van der Waals surface area contributed by atoms with Crippen molar-refractivity contribution in [3.05, 3.63) is 59.7 Å². The Labute approximate surface area is 154 Å². The molecule has 4 nitrogen and oxygen atoms in total. The number of hydrogen-bond donors (Lipinski definition) is 0. The quantitative estimate of drug-likeness (QED) is 0.404. The van der Waals surface area contributed by atoms with E-state index < -0.39 is 0 Å². The van der Waals surface area contributed by atoms with Crippen LogP contribution in [0.25, 0.3) is 11.1 Å². The number of hydrogen-bond acceptors (Lipinski definition) is 4. The Balaban J connectivity index is 2.43. The molecule has 26 heavy (non-hydrogen) atoms. The molecule has 2 aromatic rings. The molecule has 0 N–H and O–H groups in total. The molecule has 4 heteroatoms. The second kappa shape index (κ2) is 8.99. The fourth-order valence-corrected chi connectivity index (χ4v) is 2.99. The molecule has 0 saturated heterocycles. The average molecular weight is 352 g/mol. The number of carbonyl (C=O) groups excluding carboxylic acids is 2. The largest absolute Gasteiger partial charge is 0.427 e. The first-order valence-electron chi connectivity index (χ1n) is 8.74. The predicted octanol–water partition coefficient (Wildman–Crippen LogP) is 5.27. The first-order chi connectivity index (χ1) is 12.4. The molecule has 0 bridgehead atoms. The predicted molar refractivity (Wildman–Crippen MR) is 103 cm³/mol. The van der Waals surface area contributed by atoms with Gasteiger partial charge in [0.05, 0.1) is 0 Å². The van der Waals surface area contributed by atoms with Crippen LogP contribution in [0.15, 0.2) is 48.5 Å². The van der Waals surface area contributed by atoms with E-state index in [4.69, 9.17) is 9.47 Å². The first-order valence-corrected chi connectivity index (χ1v) is 8.74. The topological polar surface area (TPSA) is 52.6 Å². The molecule has 0 saturated carbocycles. The van der Waals surface area contributed by atoms with Gasteiger partial charge in [-0.2, -0.15) is 0 Å². The van der Waals surface area contributed by atoms with Crippen LogP contribution in [0.3, 0.4) is 0 Å². The molecular weight excluding hydrogens is 328 g/mol. The highest BCUT2D eigenvalue weighted by atomic mass is 16.5. The summed E-state index contributed by atoms with van der Waals surface area (Å²) >= 11 is 0. The van der Waals surface area contributed by atoms with Gasteiger partial charge < -0.3 is 9.47 Å². The lowest BCUT2D eigenvalue weighted by Crippen LogP contribution is -2.02. The number of benzene rings is 2. The maximum atomic E-state index is 11.2. The molecule has 0 spiro atoms. The minimum absolute atomic E-state index is 0.332. The number of esters is 2. The molecule has 2 rings (SSSR count).